The standard InChI is InChI=1S/C17H29FN4O2/c1-11-7-14(18)4-3-13(11)9-22-6-5-21(10-17(22)24)15-8-16(23)20-19-12(15)2/h11-15,19H,3-10H2,1-2H3,(H,20,23). The largest absolute Gasteiger partial charge is 0.340 e. The Morgan fingerprint density at radius 3 is 2.71 bits per heavy atom. The molecule has 0 aromatic heterocycles. The first-order chi connectivity index (χ1) is 11.4. The first-order valence-corrected chi connectivity index (χ1v) is 9.14. The van der Waals surface area contributed by atoms with Crippen LogP contribution in [0.15, 0.2) is 0 Å². The Bertz CT molecular complexity index is 489. The lowest BCUT2D eigenvalue weighted by atomic mass is 9.79. The molecule has 2 saturated heterocycles. The van der Waals surface area contributed by atoms with E-state index in [0.717, 1.165) is 19.5 Å². The Kier molecular flexibility index (Phi) is 5.39. The fourth-order valence-corrected chi connectivity index (χ4v) is 4.30. The van der Waals surface area contributed by atoms with Crippen molar-refractivity contribution in [2.45, 2.75) is 57.8 Å². The molecule has 0 radical (unpaired) electrons. The topological polar surface area (TPSA) is 64.7 Å². The smallest absolute Gasteiger partial charge is 0.236 e. The summed E-state index contributed by atoms with van der Waals surface area (Å²) in [5.41, 5.74) is 5.62. The second-order valence-electron chi connectivity index (χ2n) is 7.71. The van der Waals surface area contributed by atoms with Crippen molar-refractivity contribution < 1.29 is 14.0 Å². The summed E-state index contributed by atoms with van der Waals surface area (Å²) in [4.78, 5) is 28.2. The molecule has 3 aliphatic rings. The van der Waals surface area contributed by atoms with Crippen LogP contribution in [0.4, 0.5) is 4.39 Å². The molecular weight excluding hydrogens is 311 g/mol. The maximum Gasteiger partial charge on any atom is 0.236 e. The second-order valence-corrected chi connectivity index (χ2v) is 7.71. The third-order valence-corrected chi connectivity index (χ3v) is 5.97. The van der Waals surface area contributed by atoms with Gasteiger partial charge in [-0.15, -0.1) is 0 Å². The van der Waals surface area contributed by atoms with Crippen molar-refractivity contribution in [3.63, 3.8) is 0 Å². The van der Waals surface area contributed by atoms with Crippen LogP contribution in [0, 0.1) is 11.8 Å². The number of carbonyl (C=O) groups excluding carboxylic acids is 2. The van der Waals surface area contributed by atoms with Crippen molar-refractivity contribution in [2.24, 2.45) is 11.8 Å². The number of alkyl halides is 1. The summed E-state index contributed by atoms with van der Waals surface area (Å²) >= 11 is 0. The van der Waals surface area contributed by atoms with Crippen LogP contribution < -0.4 is 10.9 Å². The number of nitrogens with one attached hydrogen (secondary N) is 2. The van der Waals surface area contributed by atoms with Gasteiger partial charge in [0.1, 0.15) is 6.17 Å². The fourth-order valence-electron chi connectivity index (χ4n) is 4.30. The predicted octanol–water partition coefficient (Wildman–Crippen LogP) is 0.687. The number of hydrogen-bond donors (Lipinski definition) is 2. The van der Waals surface area contributed by atoms with Crippen LogP contribution in [0.1, 0.15) is 39.5 Å². The molecule has 3 rings (SSSR count). The van der Waals surface area contributed by atoms with E-state index in [0.29, 0.717) is 44.2 Å². The van der Waals surface area contributed by atoms with Gasteiger partial charge in [-0.1, -0.05) is 6.92 Å². The molecule has 6 nitrogen and oxygen atoms in total. The van der Waals surface area contributed by atoms with Gasteiger partial charge in [0.15, 0.2) is 0 Å². The number of nitrogens with zero attached hydrogens (tertiary/aromatic N) is 2. The summed E-state index contributed by atoms with van der Waals surface area (Å²) in [6.07, 6.45) is 1.89. The number of carbonyl (C=O) groups is 2. The molecule has 1 saturated carbocycles. The number of rotatable bonds is 3. The third kappa shape index (κ3) is 3.88. The van der Waals surface area contributed by atoms with Crippen LogP contribution in [0.25, 0.3) is 0 Å². The Morgan fingerprint density at radius 1 is 1.21 bits per heavy atom. The van der Waals surface area contributed by atoms with E-state index in [1.54, 1.807) is 0 Å². The molecule has 1 aliphatic carbocycles. The first kappa shape index (κ1) is 17.6. The summed E-state index contributed by atoms with van der Waals surface area (Å²) < 4.78 is 13.5. The highest BCUT2D eigenvalue weighted by atomic mass is 19.1. The van der Waals surface area contributed by atoms with Gasteiger partial charge in [-0.05, 0) is 38.0 Å². The van der Waals surface area contributed by atoms with Gasteiger partial charge in [0, 0.05) is 38.1 Å². The van der Waals surface area contributed by atoms with Crippen LogP contribution in [0.3, 0.4) is 0 Å². The van der Waals surface area contributed by atoms with Gasteiger partial charge in [0.25, 0.3) is 0 Å². The zero-order valence-electron chi connectivity index (χ0n) is 14.6. The van der Waals surface area contributed by atoms with E-state index in [1.807, 2.05) is 11.8 Å². The number of hydrazine groups is 1. The maximum absolute atomic E-state index is 13.5. The van der Waals surface area contributed by atoms with Gasteiger partial charge in [0.2, 0.25) is 11.8 Å². The summed E-state index contributed by atoms with van der Waals surface area (Å²) in [5, 5.41) is 0. The number of hydrogen-bond acceptors (Lipinski definition) is 4. The molecule has 24 heavy (non-hydrogen) atoms. The van der Waals surface area contributed by atoms with Crippen molar-refractivity contribution in [2.75, 3.05) is 26.2 Å². The molecule has 136 valence electrons. The third-order valence-electron chi connectivity index (χ3n) is 5.97. The van der Waals surface area contributed by atoms with E-state index in [1.165, 1.54) is 0 Å². The summed E-state index contributed by atoms with van der Waals surface area (Å²) in [6, 6.07) is 0.188. The lowest BCUT2D eigenvalue weighted by Gasteiger charge is -2.44. The second kappa shape index (κ2) is 7.35. The summed E-state index contributed by atoms with van der Waals surface area (Å²) in [6.45, 7) is 6.74. The Balaban J connectivity index is 1.53. The van der Waals surface area contributed by atoms with E-state index >= 15 is 0 Å². The number of piperazine rings is 1. The number of halogens is 1. The average Bonchev–Trinajstić information content (AvgIpc) is 2.54. The quantitative estimate of drug-likeness (QED) is 0.793. The van der Waals surface area contributed by atoms with Gasteiger partial charge in [0.05, 0.1) is 6.54 Å². The number of amides is 2. The average molecular weight is 340 g/mol. The predicted molar refractivity (Wildman–Crippen MR) is 88.7 cm³/mol. The Morgan fingerprint density at radius 2 is 2.00 bits per heavy atom. The molecule has 5 atom stereocenters. The minimum atomic E-state index is -0.671. The zero-order chi connectivity index (χ0) is 17.3. The van der Waals surface area contributed by atoms with Crippen molar-refractivity contribution in [3.8, 4) is 0 Å². The minimum Gasteiger partial charge on any atom is -0.340 e. The highest BCUT2D eigenvalue weighted by molar-refractivity contribution is 5.80. The highest BCUT2D eigenvalue weighted by Gasteiger charge is 2.37. The SMILES string of the molecule is CC1CC(F)CCC1CN1CCN(C2CC(=O)NNC2C)CC1=O. The van der Waals surface area contributed by atoms with Crippen LogP contribution >= 0.6 is 0 Å². The van der Waals surface area contributed by atoms with E-state index in [-0.39, 0.29) is 23.9 Å². The molecule has 2 N–H and O–H groups in total. The first-order valence-electron chi connectivity index (χ1n) is 9.14. The molecule has 2 aliphatic heterocycles. The molecule has 0 aromatic rings. The zero-order valence-corrected chi connectivity index (χ0v) is 14.6. The Hall–Kier alpha value is -1.21. The maximum atomic E-state index is 13.5. The molecule has 3 fully saturated rings. The minimum absolute atomic E-state index is 0.0233. The van der Waals surface area contributed by atoms with Crippen molar-refractivity contribution in [1.29, 1.82) is 0 Å². The van der Waals surface area contributed by atoms with Crippen molar-refractivity contribution in [1.82, 2.24) is 20.7 Å². The van der Waals surface area contributed by atoms with E-state index < -0.39 is 6.17 Å². The highest BCUT2D eigenvalue weighted by Crippen LogP contribution is 2.32. The lowest BCUT2D eigenvalue weighted by Crippen LogP contribution is -2.64. The fraction of sp³-hybridized carbons (Fsp3) is 0.882. The van der Waals surface area contributed by atoms with Crippen molar-refractivity contribution in [3.05, 3.63) is 0 Å². The molecule has 0 aromatic carbocycles. The van der Waals surface area contributed by atoms with Crippen LogP contribution in [-0.4, -0.2) is 66.0 Å². The summed E-state index contributed by atoms with van der Waals surface area (Å²) in [7, 11) is 0. The van der Waals surface area contributed by atoms with E-state index in [9.17, 15) is 14.0 Å². The monoisotopic (exact) mass is 340 g/mol. The van der Waals surface area contributed by atoms with Gasteiger partial charge in [-0.2, -0.15) is 0 Å². The molecule has 2 amide bonds. The molecular formula is C17H29FN4O2. The normalized spacial score (nSPS) is 39.0. The van der Waals surface area contributed by atoms with Gasteiger partial charge in [-0.25, -0.2) is 9.82 Å². The van der Waals surface area contributed by atoms with E-state index in [2.05, 4.69) is 22.7 Å². The molecule has 0 spiro atoms. The molecule has 7 heteroatoms. The van der Waals surface area contributed by atoms with Gasteiger partial charge < -0.3 is 4.90 Å². The Labute approximate surface area is 143 Å². The van der Waals surface area contributed by atoms with Crippen molar-refractivity contribution >= 4 is 11.8 Å². The molecule has 2 heterocycles. The van der Waals surface area contributed by atoms with Gasteiger partial charge >= 0.3 is 0 Å². The van der Waals surface area contributed by atoms with Crippen LogP contribution in [-0.2, 0) is 9.59 Å². The molecule has 5 unspecified atom stereocenters. The molecule has 0 bridgehead atoms. The van der Waals surface area contributed by atoms with Gasteiger partial charge in [-0.3, -0.25) is 19.9 Å². The van der Waals surface area contributed by atoms with Crippen LogP contribution in [0.2, 0.25) is 0 Å². The van der Waals surface area contributed by atoms with E-state index in [4.69, 9.17) is 0 Å². The lowest BCUT2D eigenvalue weighted by molar-refractivity contribution is -0.141. The van der Waals surface area contributed by atoms with Crippen LogP contribution in [0.5, 0.6) is 0 Å². The summed E-state index contributed by atoms with van der Waals surface area (Å²) in [5.74, 6) is 0.859.